The quantitative estimate of drug-likeness (QED) is 0.158. The molecule has 7 atom stereocenters. The molecule has 0 unspecified atom stereocenters. The normalized spacial score (nSPS) is 25.8. The lowest BCUT2D eigenvalue weighted by Crippen LogP contribution is -2.42. The number of esters is 1. The van der Waals surface area contributed by atoms with Crippen LogP contribution in [0.25, 0.3) is 0 Å². The average molecular weight is 750 g/mol. The Morgan fingerprint density at radius 3 is 2.37 bits per heavy atom. The molecule has 8 rings (SSSR count). The van der Waals surface area contributed by atoms with Gasteiger partial charge in [0.25, 0.3) is 5.91 Å². The Morgan fingerprint density at radius 2 is 1.63 bits per heavy atom. The van der Waals surface area contributed by atoms with Gasteiger partial charge in [-0.05, 0) is 73.6 Å². The molecule has 2 N–H and O–H groups in total. The molecule has 4 aromatic rings. The molecule has 3 amide bonds. The second-order valence-electron chi connectivity index (χ2n) is 13.2. The number of hydrogen-bond donors (Lipinski definition) is 2. The van der Waals surface area contributed by atoms with Gasteiger partial charge in [-0.3, -0.25) is 19.2 Å². The fourth-order valence-electron chi connectivity index (χ4n) is 8.62. The van der Waals surface area contributed by atoms with Gasteiger partial charge in [0.2, 0.25) is 11.8 Å². The van der Waals surface area contributed by atoms with Crippen molar-refractivity contribution in [3.63, 3.8) is 0 Å². The number of para-hydroxylation sites is 2. The van der Waals surface area contributed by atoms with Crippen LogP contribution in [0.2, 0.25) is 0 Å². The minimum Gasteiger partial charge on any atom is -0.483 e. The van der Waals surface area contributed by atoms with Crippen LogP contribution in [0, 0.1) is 29.6 Å². The number of halogens is 3. The maximum atomic E-state index is 14.1. The predicted octanol–water partition coefficient (Wildman–Crippen LogP) is 6.33. The molecule has 268 valence electrons. The highest BCUT2D eigenvalue weighted by Crippen LogP contribution is 2.69. The predicted molar refractivity (Wildman–Crippen MR) is 185 cm³/mol. The lowest BCUT2D eigenvalue weighted by molar-refractivity contribution is -0.137. The molecule has 2 bridgehead atoms. The van der Waals surface area contributed by atoms with Crippen LogP contribution in [0.4, 0.5) is 24.5 Å². The molecule has 1 aromatic heterocycles. The second kappa shape index (κ2) is 13.0. The highest BCUT2D eigenvalue weighted by Gasteiger charge is 2.70. The topological polar surface area (TPSA) is 135 Å². The standard InChI is InChI=1S/C37H30F3N3O7S2/c1-2-49-35(47)17-11-13-18(14-12-17)41-25(44)16-50-24-10-6-3-7-19(24)26-27-20-15-21(30(27)51-32-31(26)52-36(48)42-32)29-28(20)33(45)43(34(29)46)23-9-5-4-8-22(23)37(38,39)40/h3-14,20-21,26-30H,2,15-16H2,1H3,(H,41,44)(H,42,48)/t20-,21-,26+,27-,28+,29+,30-/m1/s1. The molecule has 0 radical (unpaired) electrons. The molecule has 2 saturated carbocycles. The first-order chi connectivity index (χ1) is 25.0. The fourth-order valence-corrected chi connectivity index (χ4v) is 11.5. The van der Waals surface area contributed by atoms with Crippen molar-refractivity contribution in [1.82, 2.24) is 4.98 Å². The highest BCUT2D eigenvalue weighted by atomic mass is 32.2. The van der Waals surface area contributed by atoms with E-state index in [0.717, 1.165) is 33.2 Å². The van der Waals surface area contributed by atoms with E-state index < -0.39 is 58.9 Å². The molecule has 4 aliphatic rings. The summed E-state index contributed by atoms with van der Waals surface area (Å²) in [5, 5.41) is 3.19. The summed E-state index contributed by atoms with van der Waals surface area (Å²) in [7, 11) is 0. The molecule has 1 saturated heterocycles. The largest absolute Gasteiger partial charge is 0.483 e. The van der Waals surface area contributed by atoms with Gasteiger partial charge in [-0.2, -0.15) is 13.2 Å². The van der Waals surface area contributed by atoms with Crippen LogP contribution in [0.5, 0.6) is 5.75 Å². The Hall–Kier alpha value is -4.89. The summed E-state index contributed by atoms with van der Waals surface area (Å²) in [5.41, 5.74) is -0.0162. The van der Waals surface area contributed by atoms with E-state index >= 15 is 0 Å². The van der Waals surface area contributed by atoms with E-state index in [-0.39, 0.29) is 41.1 Å². The molecule has 52 heavy (non-hydrogen) atoms. The molecule has 2 aliphatic carbocycles. The SMILES string of the molecule is CCOC(=O)c1ccc(NC(=O)COc2ccccc2[C@@H]2c3sc(=O)[nH]c3S[C@@H]3[C@@H]4C[C@@H]([C@@H]5C(=O)N(c6ccccc6C(F)(F)F)C(=O)[C@@H]45)[C@H]23)cc1. The maximum absolute atomic E-state index is 14.1. The van der Waals surface area contributed by atoms with E-state index in [0.29, 0.717) is 34.0 Å². The lowest BCUT2D eigenvalue weighted by atomic mass is 9.68. The van der Waals surface area contributed by atoms with Crippen molar-refractivity contribution >= 4 is 58.2 Å². The minimum atomic E-state index is -4.77. The Balaban J connectivity index is 1.08. The number of aromatic amines is 1. The van der Waals surface area contributed by atoms with E-state index in [4.69, 9.17) is 9.47 Å². The van der Waals surface area contributed by atoms with Crippen LogP contribution in [-0.2, 0) is 25.3 Å². The van der Waals surface area contributed by atoms with Crippen molar-refractivity contribution in [3.8, 4) is 5.75 Å². The number of rotatable bonds is 8. The average Bonchev–Trinajstić information content (AvgIpc) is 3.86. The number of thioether (sulfide) groups is 1. The number of nitrogens with zero attached hydrogens (tertiary/aromatic N) is 1. The maximum Gasteiger partial charge on any atom is 0.418 e. The van der Waals surface area contributed by atoms with E-state index in [2.05, 4.69) is 10.3 Å². The number of aromatic nitrogens is 1. The summed E-state index contributed by atoms with van der Waals surface area (Å²) in [4.78, 5) is 69.9. The summed E-state index contributed by atoms with van der Waals surface area (Å²) in [6.07, 6.45) is -4.22. The lowest BCUT2D eigenvalue weighted by Gasteiger charge is -2.43. The highest BCUT2D eigenvalue weighted by molar-refractivity contribution is 8.00. The zero-order valence-electron chi connectivity index (χ0n) is 27.3. The van der Waals surface area contributed by atoms with Crippen LogP contribution < -0.4 is 19.8 Å². The van der Waals surface area contributed by atoms with E-state index in [1.54, 1.807) is 31.2 Å². The van der Waals surface area contributed by atoms with Gasteiger partial charge < -0.3 is 19.8 Å². The number of benzene rings is 3. The molecule has 2 aliphatic heterocycles. The van der Waals surface area contributed by atoms with E-state index in [1.807, 2.05) is 12.1 Å². The van der Waals surface area contributed by atoms with Gasteiger partial charge in [-0.25, -0.2) is 9.69 Å². The number of thiazole rings is 1. The fraction of sp³-hybridized carbons (Fsp3) is 0.324. The Kier molecular flexibility index (Phi) is 8.52. The van der Waals surface area contributed by atoms with Crippen LogP contribution in [0.3, 0.4) is 0 Å². The van der Waals surface area contributed by atoms with Gasteiger partial charge in [-0.1, -0.05) is 41.7 Å². The number of alkyl halides is 3. The van der Waals surface area contributed by atoms with Crippen molar-refractivity contribution in [2.24, 2.45) is 29.6 Å². The number of fused-ring (bicyclic) bond motifs is 9. The number of anilines is 2. The van der Waals surface area contributed by atoms with Crippen LogP contribution in [0.15, 0.2) is 82.6 Å². The van der Waals surface area contributed by atoms with E-state index in [9.17, 15) is 37.1 Å². The molecular weight excluding hydrogens is 720 g/mol. The summed E-state index contributed by atoms with van der Waals surface area (Å²) >= 11 is 2.51. The van der Waals surface area contributed by atoms with Gasteiger partial charge in [0.1, 0.15) is 5.75 Å². The number of imide groups is 1. The zero-order chi connectivity index (χ0) is 36.5. The van der Waals surface area contributed by atoms with Crippen LogP contribution in [-0.4, -0.2) is 47.1 Å². The van der Waals surface area contributed by atoms with Crippen molar-refractivity contribution in [3.05, 3.63) is 104 Å². The smallest absolute Gasteiger partial charge is 0.418 e. The molecule has 15 heteroatoms. The van der Waals surface area contributed by atoms with Gasteiger partial charge in [0, 0.05) is 27.3 Å². The number of amides is 3. The third kappa shape index (κ3) is 5.61. The Labute approximate surface area is 302 Å². The Morgan fingerprint density at radius 1 is 0.942 bits per heavy atom. The first-order valence-corrected chi connectivity index (χ1v) is 18.4. The van der Waals surface area contributed by atoms with Crippen LogP contribution >= 0.6 is 23.1 Å². The first-order valence-electron chi connectivity index (χ1n) is 16.7. The number of carbonyl (C=O) groups is 4. The van der Waals surface area contributed by atoms with Gasteiger partial charge in [0.05, 0.1) is 40.3 Å². The third-order valence-corrected chi connectivity index (χ3v) is 13.1. The summed E-state index contributed by atoms with van der Waals surface area (Å²) < 4.78 is 53.2. The number of ether oxygens (including phenoxy) is 2. The molecule has 3 heterocycles. The van der Waals surface area contributed by atoms with Gasteiger partial charge in [-0.15, -0.1) is 11.8 Å². The van der Waals surface area contributed by atoms with Crippen molar-refractivity contribution in [1.29, 1.82) is 0 Å². The monoisotopic (exact) mass is 749 g/mol. The summed E-state index contributed by atoms with van der Waals surface area (Å²) in [6.45, 7) is 1.58. The number of H-pyrrole nitrogens is 1. The summed E-state index contributed by atoms with van der Waals surface area (Å²) in [6, 6.07) is 18.0. The summed E-state index contributed by atoms with van der Waals surface area (Å²) in [5.74, 6) is -4.73. The molecule has 0 spiro atoms. The van der Waals surface area contributed by atoms with Crippen molar-refractivity contribution in [2.75, 3.05) is 23.4 Å². The molecule has 10 nitrogen and oxygen atoms in total. The van der Waals surface area contributed by atoms with Gasteiger partial charge in [0.15, 0.2) is 6.61 Å². The van der Waals surface area contributed by atoms with Crippen LogP contribution in [0.1, 0.15) is 45.6 Å². The minimum absolute atomic E-state index is 0.211. The molecular formula is C37H30F3N3O7S2. The van der Waals surface area contributed by atoms with E-state index in [1.165, 1.54) is 36.0 Å². The first kappa shape index (κ1) is 34.2. The zero-order valence-corrected chi connectivity index (χ0v) is 29.0. The third-order valence-electron chi connectivity index (χ3n) is 10.5. The van der Waals surface area contributed by atoms with Crippen molar-refractivity contribution < 1.29 is 41.8 Å². The van der Waals surface area contributed by atoms with Gasteiger partial charge >= 0.3 is 17.0 Å². The Bertz CT molecular complexity index is 2170. The number of carbonyl (C=O) groups excluding carboxylic acids is 4. The second-order valence-corrected chi connectivity index (χ2v) is 15.4. The number of hydrogen-bond acceptors (Lipinski definition) is 9. The molecule has 3 fully saturated rings. The molecule has 3 aromatic carbocycles. The van der Waals surface area contributed by atoms with Crippen molar-refractivity contribution in [2.45, 2.75) is 35.7 Å². The number of nitrogens with one attached hydrogen (secondary N) is 2.